The summed E-state index contributed by atoms with van der Waals surface area (Å²) >= 11 is 0. The molecule has 0 aromatic rings. The van der Waals surface area contributed by atoms with Gasteiger partial charge < -0.3 is 25.2 Å². The summed E-state index contributed by atoms with van der Waals surface area (Å²) in [6.07, 6.45) is 3.82. The molecule has 0 radical (unpaired) electrons. The second kappa shape index (κ2) is 11.6. The Morgan fingerprint density at radius 2 is 1.85 bits per heavy atom. The lowest BCUT2D eigenvalue weighted by Gasteiger charge is -2.24. The maximum Gasteiger partial charge on any atom is 0.181 e. The van der Waals surface area contributed by atoms with Crippen molar-refractivity contribution in [2.75, 3.05) is 6.61 Å². The lowest BCUT2D eigenvalue weighted by molar-refractivity contribution is -0.137. The fourth-order valence-electron chi connectivity index (χ4n) is 1.40. The Labute approximate surface area is 119 Å². The van der Waals surface area contributed by atoms with Crippen LogP contribution in [-0.4, -0.2) is 57.7 Å². The van der Waals surface area contributed by atoms with E-state index in [9.17, 15) is 20.1 Å². The number of unbranched alkanes of at least 4 members (excludes halogenated alkanes) is 2. The average molecular weight is 288 g/mol. The highest BCUT2D eigenvalue weighted by molar-refractivity contribution is 5.57. The molecule has 0 bridgehead atoms. The predicted octanol–water partition coefficient (Wildman–Crippen LogP) is -0.0944. The van der Waals surface area contributed by atoms with E-state index in [1.165, 1.54) is 6.26 Å². The molecule has 0 saturated carbocycles. The van der Waals surface area contributed by atoms with Crippen LogP contribution in [-0.2, 0) is 9.53 Å². The molecular formula is C14H24O6. The molecule has 0 aliphatic rings. The molecule has 0 saturated heterocycles. The Balaban J connectivity index is 4.23. The van der Waals surface area contributed by atoms with Crippen LogP contribution < -0.4 is 0 Å². The molecule has 4 N–H and O–H groups in total. The summed E-state index contributed by atoms with van der Waals surface area (Å²) in [6, 6.07) is 0. The van der Waals surface area contributed by atoms with Crippen molar-refractivity contribution in [2.24, 2.45) is 0 Å². The normalized spacial score (nSPS) is 18.1. The van der Waals surface area contributed by atoms with Crippen LogP contribution in [0.25, 0.3) is 0 Å². The third-order valence-corrected chi connectivity index (χ3v) is 2.69. The summed E-state index contributed by atoms with van der Waals surface area (Å²) in [4.78, 5) is 10.8. The summed E-state index contributed by atoms with van der Waals surface area (Å²) in [5.41, 5.74) is 0. The Hall–Kier alpha value is -1.21. The topological polar surface area (TPSA) is 107 Å². The molecule has 0 amide bonds. The highest BCUT2D eigenvalue weighted by Gasteiger charge is 2.31. The molecule has 0 rings (SSSR count). The molecule has 4 atom stereocenters. The monoisotopic (exact) mass is 288 g/mol. The van der Waals surface area contributed by atoms with Crippen LogP contribution in [0.1, 0.15) is 26.2 Å². The smallest absolute Gasteiger partial charge is 0.181 e. The molecule has 0 unspecified atom stereocenters. The third-order valence-electron chi connectivity index (χ3n) is 2.69. The Morgan fingerprint density at radius 3 is 2.40 bits per heavy atom. The zero-order valence-corrected chi connectivity index (χ0v) is 11.6. The van der Waals surface area contributed by atoms with Crippen molar-refractivity contribution in [3.05, 3.63) is 24.5 Å². The number of hydrogen-bond donors (Lipinski definition) is 4. The molecule has 0 fully saturated rings. The summed E-state index contributed by atoms with van der Waals surface area (Å²) < 4.78 is 4.97. The number of carbonyl (C=O) groups is 1. The third kappa shape index (κ3) is 7.40. The molecule has 116 valence electrons. The lowest BCUT2D eigenvalue weighted by atomic mass is 10.0. The van der Waals surface area contributed by atoms with Gasteiger partial charge in [-0.3, -0.25) is 4.79 Å². The van der Waals surface area contributed by atoms with Gasteiger partial charge in [0.1, 0.15) is 18.3 Å². The van der Waals surface area contributed by atoms with Crippen molar-refractivity contribution >= 4 is 6.29 Å². The van der Waals surface area contributed by atoms with E-state index in [0.29, 0.717) is 6.29 Å². The first-order valence-electron chi connectivity index (χ1n) is 6.65. The van der Waals surface area contributed by atoms with Crippen molar-refractivity contribution in [1.82, 2.24) is 0 Å². The van der Waals surface area contributed by atoms with Gasteiger partial charge in [0.15, 0.2) is 12.4 Å². The number of rotatable bonds is 11. The van der Waals surface area contributed by atoms with Crippen molar-refractivity contribution in [1.29, 1.82) is 0 Å². The second-order valence-electron chi connectivity index (χ2n) is 4.37. The molecule has 6 heteroatoms. The summed E-state index contributed by atoms with van der Waals surface area (Å²) in [7, 11) is 0. The van der Waals surface area contributed by atoms with Gasteiger partial charge in [-0.1, -0.05) is 31.9 Å². The van der Waals surface area contributed by atoms with Gasteiger partial charge in [0.05, 0.1) is 12.9 Å². The van der Waals surface area contributed by atoms with Crippen molar-refractivity contribution in [2.45, 2.75) is 50.6 Å². The van der Waals surface area contributed by atoms with Gasteiger partial charge in [-0.25, -0.2) is 0 Å². The quantitative estimate of drug-likeness (QED) is 0.183. The summed E-state index contributed by atoms with van der Waals surface area (Å²) in [5, 5.41) is 36.9. The van der Waals surface area contributed by atoms with Gasteiger partial charge in [0, 0.05) is 0 Å². The van der Waals surface area contributed by atoms with E-state index in [-0.39, 0.29) is 0 Å². The van der Waals surface area contributed by atoms with Gasteiger partial charge in [0.25, 0.3) is 0 Å². The average Bonchev–Trinajstić information content (AvgIpc) is 2.48. The van der Waals surface area contributed by atoms with E-state index >= 15 is 0 Å². The first kappa shape index (κ1) is 18.8. The molecule has 0 heterocycles. The molecule has 20 heavy (non-hydrogen) atoms. The van der Waals surface area contributed by atoms with Crippen LogP contribution in [0.15, 0.2) is 24.5 Å². The van der Waals surface area contributed by atoms with E-state index in [4.69, 9.17) is 9.84 Å². The number of aliphatic hydroxyl groups is 4. The number of aliphatic hydroxyl groups excluding tert-OH is 4. The maximum absolute atomic E-state index is 10.8. The standard InChI is InChI=1S/C14H24O6/c1-2-3-4-5-6-7-8-20-12(10-16)14(19)13(18)11(17)9-15/h5-8,10-15,17-19H,2-4,9H2,1H3/t11-,12+,13-,14-/m1/s1. The first-order chi connectivity index (χ1) is 9.58. The minimum atomic E-state index is -1.66. The van der Waals surface area contributed by atoms with Crippen molar-refractivity contribution < 1.29 is 30.0 Å². The number of ether oxygens (including phenoxy) is 1. The van der Waals surface area contributed by atoms with E-state index in [2.05, 4.69) is 6.92 Å². The van der Waals surface area contributed by atoms with E-state index in [1.807, 2.05) is 6.08 Å². The van der Waals surface area contributed by atoms with Gasteiger partial charge in [0.2, 0.25) is 0 Å². The SMILES string of the molecule is CCCCC=CC=CO[C@@H](C=O)[C@@H](O)[C@H](O)[C@H](O)CO. The minimum absolute atomic E-state index is 0.323. The van der Waals surface area contributed by atoms with E-state index in [1.54, 1.807) is 12.2 Å². The van der Waals surface area contributed by atoms with Gasteiger partial charge in [-0.2, -0.15) is 0 Å². The largest absolute Gasteiger partial charge is 0.488 e. The maximum atomic E-state index is 10.8. The van der Waals surface area contributed by atoms with Crippen LogP contribution in [0.5, 0.6) is 0 Å². The number of allylic oxidation sites excluding steroid dienone is 3. The number of carbonyl (C=O) groups excluding carboxylic acids is 1. The highest BCUT2D eigenvalue weighted by Crippen LogP contribution is 2.07. The zero-order valence-electron chi connectivity index (χ0n) is 11.6. The van der Waals surface area contributed by atoms with Crippen LogP contribution in [0.2, 0.25) is 0 Å². The van der Waals surface area contributed by atoms with Crippen LogP contribution in [0.4, 0.5) is 0 Å². The Bertz CT molecular complexity index is 302. The molecular weight excluding hydrogens is 264 g/mol. The van der Waals surface area contributed by atoms with E-state index < -0.39 is 31.0 Å². The molecule has 0 spiro atoms. The molecule has 0 aliphatic carbocycles. The van der Waals surface area contributed by atoms with Crippen molar-refractivity contribution in [3.8, 4) is 0 Å². The summed E-state index contributed by atoms with van der Waals surface area (Å²) in [6.45, 7) is 1.37. The fourth-order valence-corrected chi connectivity index (χ4v) is 1.40. The van der Waals surface area contributed by atoms with Gasteiger partial charge in [-0.15, -0.1) is 0 Å². The number of aldehydes is 1. The van der Waals surface area contributed by atoms with Crippen molar-refractivity contribution in [3.63, 3.8) is 0 Å². The van der Waals surface area contributed by atoms with Crippen LogP contribution in [0.3, 0.4) is 0 Å². The van der Waals surface area contributed by atoms with Crippen LogP contribution >= 0.6 is 0 Å². The minimum Gasteiger partial charge on any atom is -0.488 e. The number of hydrogen-bond acceptors (Lipinski definition) is 6. The highest BCUT2D eigenvalue weighted by atomic mass is 16.5. The fraction of sp³-hybridized carbons (Fsp3) is 0.643. The Kier molecular flexibility index (Phi) is 10.9. The molecule has 6 nitrogen and oxygen atoms in total. The van der Waals surface area contributed by atoms with Gasteiger partial charge in [-0.05, 0) is 12.5 Å². The van der Waals surface area contributed by atoms with Crippen LogP contribution in [0, 0.1) is 0 Å². The van der Waals surface area contributed by atoms with Gasteiger partial charge >= 0.3 is 0 Å². The first-order valence-corrected chi connectivity index (χ1v) is 6.65. The van der Waals surface area contributed by atoms with E-state index in [0.717, 1.165) is 19.3 Å². The molecule has 0 aromatic heterocycles. The second-order valence-corrected chi connectivity index (χ2v) is 4.37. The lowest BCUT2D eigenvalue weighted by Crippen LogP contribution is -2.46. The Morgan fingerprint density at radius 1 is 1.15 bits per heavy atom. The molecule has 0 aliphatic heterocycles. The predicted molar refractivity (Wildman–Crippen MR) is 73.8 cm³/mol. The summed E-state index contributed by atoms with van der Waals surface area (Å²) in [5.74, 6) is 0. The molecule has 0 aromatic carbocycles. The zero-order chi connectivity index (χ0) is 15.4.